The lowest BCUT2D eigenvalue weighted by Crippen LogP contribution is -2.16. The molecule has 0 amide bonds. The fraction of sp³-hybridized carbons (Fsp3) is 0.0500. The molecule has 1 aromatic heterocycles. The third-order valence-electron chi connectivity index (χ3n) is 4.75. The summed E-state index contributed by atoms with van der Waals surface area (Å²) in [6.45, 7) is 0. The molecule has 4 aromatic rings. The lowest BCUT2D eigenvalue weighted by molar-refractivity contribution is 0.0965. The molecule has 0 aliphatic heterocycles. The Kier molecular flexibility index (Phi) is 4.44. The highest BCUT2D eigenvalue weighted by atomic mass is 79.9. The van der Waals surface area contributed by atoms with Crippen LogP contribution in [0.15, 0.2) is 51.8 Å². The quantitative estimate of drug-likeness (QED) is 0.315. The second kappa shape index (κ2) is 6.64. The third kappa shape index (κ3) is 2.87. The molecule has 0 saturated carbocycles. The van der Waals surface area contributed by atoms with Gasteiger partial charge in [-0.3, -0.25) is 9.36 Å². The van der Waals surface area contributed by atoms with Crippen molar-refractivity contribution in [1.82, 2.24) is 4.57 Å². The predicted octanol–water partition coefficient (Wildman–Crippen LogP) is 3.47. The van der Waals surface area contributed by atoms with Crippen molar-refractivity contribution >= 4 is 53.5 Å². The van der Waals surface area contributed by atoms with Crippen LogP contribution < -0.4 is 0 Å². The van der Waals surface area contributed by atoms with Crippen molar-refractivity contribution in [1.29, 1.82) is 0 Å². The number of hydrogen-bond donors (Lipinski definition) is 4. The molecule has 1 heterocycles. The van der Waals surface area contributed by atoms with E-state index in [9.17, 15) is 33.6 Å². The van der Waals surface area contributed by atoms with Gasteiger partial charge in [0.2, 0.25) is 0 Å². The number of phenols is 4. The first-order valence-electron chi connectivity index (χ1n) is 8.46. The highest BCUT2D eigenvalue weighted by Gasteiger charge is 2.27. The van der Waals surface area contributed by atoms with Gasteiger partial charge in [-0.2, -0.15) is 0 Å². The molecule has 0 saturated heterocycles. The molecular formula is C20H14BrNO7S. The molecular weight excluding hydrogens is 478 g/mol. The smallest absolute Gasteiger partial charge is 0.264 e. The summed E-state index contributed by atoms with van der Waals surface area (Å²) in [4.78, 5) is 13.3. The fourth-order valence-electron chi connectivity index (χ4n) is 3.46. The number of phenolic OH excluding ortho intramolecular Hbond substituents is 4. The maximum atomic E-state index is 13.5. The van der Waals surface area contributed by atoms with Gasteiger partial charge in [-0.1, -0.05) is 12.1 Å². The molecule has 3 aromatic carbocycles. The first-order chi connectivity index (χ1) is 14.0. The molecule has 0 aliphatic carbocycles. The van der Waals surface area contributed by atoms with E-state index >= 15 is 0 Å². The summed E-state index contributed by atoms with van der Waals surface area (Å²) in [5.41, 5.74) is -0.185. The molecule has 4 rings (SSSR count). The van der Waals surface area contributed by atoms with Gasteiger partial charge in [-0.05, 0) is 40.2 Å². The van der Waals surface area contributed by atoms with Crippen LogP contribution in [0.1, 0.15) is 10.4 Å². The molecule has 0 atom stereocenters. The van der Waals surface area contributed by atoms with Crippen LogP contribution in [0.25, 0.3) is 21.8 Å². The largest absolute Gasteiger partial charge is 0.504 e. The molecule has 0 spiro atoms. The Morgan fingerprint density at radius 1 is 0.967 bits per heavy atom. The Morgan fingerprint density at radius 3 is 2.27 bits per heavy atom. The van der Waals surface area contributed by atoms with E-state index in [2.05, 4.69) is 15.9 Å². The Morgan fingerprint density at radius 2 is 1.60 bits per heavy atom. The topological polar surface area (TPSA) is 137 Å². The Balaban J connectivity index is 2.21. The third-order valence-corrected chi connectivity index (χ3v) is 6.53. The van der Waals surface area contributed by atoms with Gasteiger partial charge in [0.25, 0.3) is 5.91 Å². The number of fused-ring (bicyclic) bond motifs is 3. The van der Waals surface area contributed by atoms with E-state index in [0.717, 1.165) is 16.9 Å². The van der Waals surface area contributed by atoms with Crippen LogP contribution in [0.3, 0.4) is 0 Å². The highest BCUT2D eigenvalue weighted by molar-refractivity contribution is 9.10. The number of hydrogen-bond acceptors (Lipinski definition) is 7. The number of aromatic nitrogens is 1. The van der Waals surface area contributed by atoms with Gasteiger partial charge < -0.3 is 20.4 Å². The van der Waals surface area contributed by atoms with Crippen LogP contribution in [-0.2, 0) is 9.84 Å². The van der Waals surface area contributed by atoms with Crippen molar-refractivity contribution in [2.45, 2.75) is 4.90 Å². The fourth-order valence-corrected chi connectivity index (χ4v) is 4.96. The van der Waals surface area contributed by atoms with Crippen LogP contribution in [0.5, 0.6) is 23.0 Å². The maximum absolute atomic E-state index is 13.5. The van der Waals surface area contributed by atoms with Crippen LogP contribution in [0.2, 0.25) is 0 Å². The van der Waals surface area contributed by atoms with E-state index in [0.29, 0.717) is 4.47 Å². The van der Waals surface area contributed by atoms with Gasteiger partial charge in [0.15, 0.2) is 32.8 Å². The summed E-state index contributed by atoms with van der Waals surface area (Å²) < 4.78 is 25.7. The minimum atomic E-state index is -3.76. The minimum Gasteiger partial charge on any atom is -0.504 e. The molecule has 0 fully saturated rings. The lowest BCUT2D eigenvalue weighted by atomic mass is 10.1. The monoisotopic (exact) mass is 491 g/mol. The van der Waals surface area contributed by atoms with E-state index in [4.69, 9.17) is 0 Å². The minimum absolute atomic E-state index is 0.0928. The number of carbonyl (C=O) groups excluding carboxylic acids is 1. The molecule has 0 radical (unpaired) electrons. The zero-order valence-corrected chi connectivity index (χ0v) is 17.7. The zero-order chi connectivity index (χ0) is 22.0. The Hall–Kier alpha value is -3.24. The number of rotatable bonds is 2. The number of sulfone groups is 1. The average Bonchev–Trinajstić information content (AvgIpc) is 3.00. The Bertz CT molecular complexity index is 1490. The summed E-state index contributed by atoms with van der Waals surface area (Å²) in [5.74, 6) is -2.92. The number of nitrogens with zero attached hydrogens (tertiary/aromatic N) is 1. The van der Waals surface area contributed by atoms with Gasteiger partial charge in [0.1, 0.15) is 5.52 Å². The van der Waals surface area contributed by atoms with Crippen molar-refractivity contribution in [3.8, 4) is 23.0 Å². The van der Waals surface area contributed by atoms with Gasteiger partial charge in [-0.25, -0.2) is 8.42 Å². The average molecular weight is 492 g/mol. The predicted molar refractivity (Wildman–Crippen MR) is 113 cm³/mol. The van der Waals surface area contributed by atoms with E-state index in [1.165, 1.54) is 36.4 Å². The van der Waals surface area contributed by atoms with Crippen molar-refractivity contribution in [2.75, 3.05) is 6.26 Å². The van der Waals surface area contributed by atoms with Crippen LogP contribution in [0, 0.1) is 0 Å². The summed E-state index contributed by atoms with van der Waals surface area (Å²) in [6.07, 6.45) is 0.967. The highest BCUT2D eigenvalue weighted by Crippen LogP contribution is 2.46. The summed E-state index contributed by atoms with van der Waals surface area (Å²) in [7, 11) is -3.76. The van der Waals surface area contributed by atoms with Crippen LogP contribution in [0.4, 0.5) is 0 Å². The number of carbonyl (C=O) groups is 1. The van der Waals surface area contributed by atoms with E-state index in [-0.39, 0.29) is 32.3 Å². The lowest BCUT2D eigenvalue weighted by Gasteiger charge is -2.11. The maximum Gasteiger partial charge on any atom is 0.264 e. The van der Waals surface area contributed by atoms with Gasteiger partial charge in [0.05, 0.1) is 16.0 Å². The van der Waals surface area contributed by atoms with Crippen molar-refractivity contribution < 1.29 is 33.6 Å². The molecule has 0 aliphatic rings. The molecule has 30 heavy (non-hydrogen) atoms. The normalized spacial score (nSPS) is 11.9. The molecule has 8 nitrogen and oxygen atoms in total. The first-order valence-corrected chi connectivity index (χ1v) is 11.1. The first kappa shape index (κ1) is 20.0. The van der Waals surface area contributed by atoms with Crippen LogP contribution in [-0.4, -0.2) is 45.6 Å². The van der Waals surface area contributed by atoms with Gasteiger partial charge in [-0.15, -0.1) is 0 Å². The molecule has 0 bridgehead atoms. The SMILES string of the molecule is CS(=O)(=O)c1ccccc1C(=O)n1c2cc(O)c(O)cc2c2c(Br)cc(O)c(O)c21. The molecule has 10 heteroatoms. The number of benzene rings is 3. The second-order valence-corrected chi connectivity index (χ2v) is 9.56. The van der Waals surface area contributed by atoms with Crippen molar-refractivity contribution in [2.24, 2.45) is 0 Å². The summed E-state index contributed by atoms with van der Waals surface area (Å²) in [6, 6.07) is 9.13. The number of halogens is 1. The van der Waals surface area contributed by atoms with Gasteiger partial charge in [0, 0.05) is 27.6 Å². The second-order valence-electron chi connectivity index (χ2n) is 6.72. The van der Waals surface area contributed by atoms with Gasteiger partial charge >= 0.3 is 0 Å². The molecule has 154 valence electrons. The van der Waals surface area contributed by atoms with Crippen molar-refractivity contribution in [3.05, 3.63) is 52.5 Å². The Labute approximate surface area is 178 Å². The summed E-state index contributed by atoms with van der Waals surface area (Å²) >= 11 is 3.28. The zero-order valence-electron chi connectivity index (χ0n) is 15.3. The van der Waals surface area contributed by atoms with E-state index < -0.39 is 38.7 Å². The summed E-state index contributed by atoms with van der Waals surface area (Å²) in [5, 5.41) is 41.2. The van der Waals surface area contributed by atoms with Crippen molar-refractivity contribution in [3.63, 3.8) is 0 Å². The molecule has 0 unspecified atom stereocenters. The standard InChI is InChI=1S/C20H14BrNO7S/c1-30(28,29)16-5-3-2-4-9(16)20(27)22-12-8-14(24)13(23)6-10(12)17-11(21)7-15(25)19(26)18(17)22/h2-8,23-26H,1H3. The number of aromatic hydroxyl groups is 4. The van der Waals surface area contributed by atoms with E-state index in [1.807, 2.05) is 0 Å². The molecule has 4 N–H and O–H groups in total. The van der Waals surface area contributed by atoms with Crippen LogP contribution >= 0.6 is 15.9 Å². The van der Waals surface area contributed by atoms with E-state index in [1.54, 1.807) is 0 Å².